The quantitative estimate of drug-likeness (QED) is 0.833. The van der Waals surface area contributed by atoms with Crippen LogP contribution in [0.25, 0.3) is 5.69 Å². The molecule has 0 spiro atoms. The zero-order valence-corrected chi connectivity index (χ0v) is 8.48. The Morgan fingerprint density at radius 2 is 2.00 bits per heavy atom. The van der Waals surface area contributed by atoms with Crippen molar-refractivity contribution in [3.63, 3.8) is 0 Å². The standard InChI is InChI=1S/C11H10FN3O/c12-8-3-5-9(6-4-8)15-11(16)13-10(14-15)7-1-2-7/h3-7H,1-2H2,(H,13,14,16). The van der Waals surface area contributed by atoms with Crippen molar-refractivity contribution in [2.75, 3.05) is 0 Å². The lowest BCUT2D eigenvalue weighted by Crippen LogP contribution is -2.15. The van der Waals surface area contributed by atoms with Crippen LogP contribution in [-0.2, 0) is 0 Å². The van der Waals surface area contributed by atoms with E-state index in [0.29, 0.717) is 11.6 Å². The lowest BCUT2D eigenvalue weighted by Gasteiger charge is -1.97. The van der Waals surface area contributed by atoms with Gasteiger partial charge in [-0.3, -0.25) is 4.98 Å². The highest BCUT2D eigenvalue weighted by atomic mass is 19.1. The molecule has 0 bridgehead atoms. The van der Waals surface area contributed by atoms with Crippen LogP contribution in [0.15, 0.2) is 29.1 Å². The van der Waals surface area contributed by atoms with Crippen molar-refractivity contribution < 1.29 is 4.39 Å². The summed E-state index contributed by atoms with van der Waals surface area (Å²) in [5, 5.41) is 4.20. The Balaban J connectivity index is 2.05. The molecule has 5 heteroatoms. The molecular formula is C11H10FN3O. The molecule has 0 radical (unpaired) electrons. The largest absolute Gasteiger partial charge is 0.348 e. The molecule has 0 aliphatic heterocycles. The van der Waals surface area contributed by atoms with Gasteiger partial charge in [0.15, 0.2) is 0 Å². The highest BCUT2D eigenvalue weighted by Gasteiger charge is 2.27. The number of halogens is 1. The maximum atomic E-state index is 12.7. The first-order valence-corrected chi connectivity index (χ1v) is 5.19. The Kier molecular flexibility index (Phi) is 1.92. The van der Waals surface area contributed by atoms with Crippen LogP contribution >= 0.6 is 0 Å². The fraction of sp³-hybridized carbons (Fsp3) is 0.273. The summed E-state index contributed by atoms with van der Waals surface area (Å²) in [4.78, 5) is 14.3. The minimum absolute atomic E-state index is 0.270. The number of H-pyrrole nitrogens is 1. The first-order valence-electron chi connectivity index (χ1n) is 5.19. The van der Waals surface area contributed by atoms with Gasteiger partial charge in [0.2, 0.25) is 0 Å². The molecule has 1 saturated carbocycles. The number of benzene rings is 1. The van der Waals surface area contributed by atoms with Gasteiger partial charge in [0.05, 0.1) is 5.69 Å². The third-order valence-corrected chi connectivity index (χ3v) is 2.67. The van der Waals surface area contributed by atoms with Gasteiger partial charge < -0.3 is 0 Å². The molecule has 1 aliphatic rings. The van der Waals surface area contributed by atoms with Crippen molar-refractivity contribution in [2.45, 2.75) is 18.8 Å². The Bertz CT molecular complexity index is 566. The van der Waals surface area contributed by atoms with Crippen molar-refractivity contribution >= 4 is 0 Å². The zero-order chi connectivity index (χ0) is 11.1. The first-order chi connectivity index (χ1) is 7.74. The van der Waals surface area contributed by atoms with Gasteiger partial charge in [-0.2, -0.15) is 4.68 Å². The molecule has 16 heavy (non-hydrogen) atoms. The van der Waals surface area contributed by atoms with E-state index in [1.807, 2.05) is 0 Å². The molecular weight excluding hydrogens is 209 g/mol. The first kappa shape index (κ1) is 9.33. The van der Waals surface area contributed by atoms with Gasteiger partial charge in [-0.15, -0.1) is 5.10 Å². The van der Waals surface area contributed by atoms with E-state index in [-0.39, 0.29) is 11.5 Å². The smallest absolute Gasteiger partial charge is 0.292 e. The maximum absolute atomic E-state index is 12.7. The van der Waals surface area contributed by atoms with E-state index in [9.17, 15) is 9.18 Å². The minimum Gasteiger partial charge on any atom is -0.292 e. The van der Waals surface area contributed by atoms with Gasteiger partial charge in [-0.05, 0) is 37.1 Å². The molecule has 0 amide bonds. The van der Waals surface area contributed by atoms with Gasteiger partial charge in [0.25, 0.3) is 0 Å². The Hall–Kier alpha value is -1.91. The second-order valence-corrected chi connectivity index (χ2v) is 3.98. The van der Waals surface area contributed by atoms with Crippen LogP contribution in [-0.4, -0.2) is 14.8 Å². The van der Waals surface area contributed by atoms with Gasteiger partial charge in [0, 0.05) is 5.92 Å². The summed E-state index contributed by atoms with van der Waals surface area (Å²) in [6.45, 7) is 0. The molecule has 0 unspecified atom stereocenters. The fourth-order valence-corrected chi connectivity index (χ4v) is 1.64. The number of hydrogen-bond acceptors (Lipinski definition) is 2. The SMILES string of the molecule is O=c1[nH]c(C2CC2)nn1-c1ccc(F)cc1. The number of aromatic nitrogens is 3. The number of hydrogen-bond donors (Lipinski definition) is 1. The van der Waals surface area contributed by atoms with Crippen LogP contribution in [0.5, 0.6) is 0 Å². The molecule has 1 aliphatic carbocycles. The van der Waals surface area contributed by atoms with E-state index >= 15 is 0 Å². The predicted molar refractivity (Wildman–Crippen MR) is 56.1 cm³/mol. The Labute approximate surface area is 90.7 Å². The third kappa shape index (κ3) is 1.54. The number of nitrogens with one attached hydrogen (secondary N) is 1. The third-order valence-electron chi connectivity index (χ3n) is 2.67. The number of nitrogens with zero attached hydrogens (tertiary/aromatic N) is 2. The monoisotopic (exact) mass is 219 g/mol. The molecule has 4 nitrogen and oxygen atoms in total. The van der Waals surface area contributed by atoms with E-state index in [2.05, 4.69) is 10.1 Å². The summed E-state index contributed by atoms with van der Waals surface area (Å²) in [6, 6.07) is 5.70. The average molecular weight is 219 g/mol. The minimum atomic E-state index is -0.324. The number of aromatic amines is 1. The normalized spacial score (nSPS) is 15.3. The summed E-state index contributed by atoms with van der Waals surface area (Å²) in [5.74, 6) is 0.804. The van der Waals surface area contributed by atoms with Gasteiger partial charge in [0.1, 0.15) is 11.6 Å². The van der Waals surface area contributed by atoms with Crippen molar-refractivity contribution in [3.8, 4) is 5.69 Å². The average Bonchev–Trinajstić information content (AvgIpc) is 3.04. The van der Waals surface area contributed by atoms with E-state index < -0.39 is 0 Å². The summed E-state index contributed by atoms with van der Waals surface area (Å²) >= 11 is 0. The molecule has 1 N–H and O–H groups in total. The van der Waals surface area contributed by atoms with Crippen molar-refractivity contribution in [1.29, 1.82) is 0 Å². The lowest BCUT2D eigenvalue weighted by molar-refractivity contribution is 0.626. The summed E-state index contributed by atoms with van der Waals surface area (Å²) in [6.07, 6.45) is 2.16. The molecule has 3 rings (SSSR count). The Morgan fingerprint density at radius 1 is 1.31 bits per heavy atom. The van der Waals surface area contributed by atoms with Crippen LogP contribution in [0.3, 0.4) is 0 Å². The van der Waals surface area contributed by atoms with Crippen molar-refractivity contribution in [1.82, 2.24) is 14.8 Å². The molecule has 0 saturated heterocycles. The van der Waals surface area contributed by atoms with Crippen LogP contribution in [0.2, 0.25) is 0 Å². The number of rotatable bonds is 2. The summed E-state index contributed by atoms with van der Waals surface area (Å²) in [5.41, 5.74) is 0.308. The highest BCUT2D eigenvalue weighted by molar-refractivity contribution is 5.30. The van der Waals surface area contributed by atoms with Crippen LogP contribution in [0.1, 0.15) is 24.6 Å². The lowest BCUT2D eigenvalue weighted by atomic mass is 10.3. The predicted octanol–water partition coefficient (Wildman–Crippen LogP) is 1.58. The van der Waals surface area contributed by atoms with Crippen molar-refractivity contribution in [2.24, 2.45) is 0 Å². The second-order valence-electron chi connectivity index (χ2n) is 3.98. The topological polar surface area (TPSA) is 50.7 Å². The molecule has 2 aromatic rings. The van der Waals surface area contributed by atoms with E-state index in [1.54, 1.807) is 0 Å². The molecule has 1 heterocycles. The highest BCUT2D eigenvalue weighted by Crippen LogP contribution is 2.37. The Morgan fingerprint density at radius 3 is 2.62 bits per heavy atom. The maximum Gasteiger partial charge on any atom is 0.348 e. The van der Waals surface area contributed by atoms with Gasteiger partial charge in [-0.25, -0.2) is 9.18 Å². The second kappa shape index (κ2) is 3.30. The van der Waals surface area contributed by atoms with Gasteiger partial charge in [-0.1, -0.05) is 0 Å². The van der Waals surface area contributed by atoms with Crippen LogP contribution in [0, 0.1) is 5.82 Å². The fourth-order valence-electron chi connectivity index (χ4n) is 1.64. The van der Waals surface area contributed by atoms with E-state index in [4.69, 9.17) is 0 Å². The molecule has 1 aromatic heterocycles. The van der Waals surface area contributed by atoms with Gasteiger partial charge >= 0.3 is 5.69 Å². The van der Waals surface area contributed by atoms with Crippen LogP contribution in [0.4, 0.5) is 4.39 Å². The summed E-state index contributed by atoms with van der Waals surface area (Å²) in [7, 11) is 0. The molecule has 1 aromatic carbocycles. The molecule has 1 fully saturated rings. The van der Waals surface area contributed by atoms with E-state index in [0.717, 1.165) is 18.7 Å². The van der Waals surface area contributed by atoms with E-state index in [1.165, 1.54) is 28.9 Å². The molecule has 0 atom stereocenters. The zero-order valence-electron chi connectivity index (χ0n) is 8.48. The summed E-state index contributed by atoms with van der Waals surface area (Å²) < 4.78 is 14.0. The van der Waals surface area contributed by atoms with Crippen LogP contribution < -0.4 is 5.69 Å². The van der Waals surface area contributed by atoms with Crippen molar-refractivity contribution in [3.05, 3.63) is 46.4 Å². The molecule has 82 valence electrons.